The van der Waals surface area contributed by atoms with Crippen molar-refractivity contribution in [2.75, 3.05) is 0 Å². The Morgan fingerprint density at radius 3 is 2.75 bits per heavy atom. The summed E-state index contributed by atoms with van der Waals surface area (Å²) in [6.45, 7) is 0. The Hall–Kier alpha value is -0.520. The largest absolute Gasteiger partial charge is 0.0462 e. The summed E-state index contributed by atoms with van der Waals surface area (Å²) in [5.41, 5.74) is 9.41. The van der Waals surface area contributed by atoms with Crippen LogP contribution in [0.4, 0.5) is 0 Å². The van der Waals surface area contributed by atoms with E-state index in [1.165, 1.54) is 31.1 Å². The van der Waals surface area contributed by atoms with Crippen molar-refractivity contribution in [1.82, 2.24) is 0 Å². The van der Waals surface area contributed by atoms with E-state index in [1.54, 1.807) is 19.3 Å². The predicted octanol–water partition coefficient (Wildman–Crippen LogP) is 3.45. The molecule has 0 saturated heterocycles. The van der Waals surface area contributed by atoms with Crippen molar-refractivity contribution in [3.63, 3.8) is 0 Å². The van der Waals surface area contributed by atoms with Crippen LogP contribution in [0.15, 0.2) is 22.3 Å². The summed E-state index contributed by atoms with van der Waals surface area (Å²) >= 11 is 0. The number of hydrogen-bond acceptors (Lipinski definition) is 0. The highest BCUT2D eigenvalue weighted by atomic mass is 14.9. The highest BCUT2D eigenvalue weighted by molar-refractivity contribution is 5.67. The lowest BCUT2D eigenvalue weighted by Crippen LogP contribution is -2.72. The van der Waals surface area contributed by atoms with E-state index < -0.39 is 0 Å². The fourth-order valence-corrected chi connectivity index (χ4v) is 8.45. The van der Waals surface area contributed by atoms with Crippen molar-refractivity contribution in [3.8, 4) is 0 Å². The van der Waals surface area contributed by atoms with E-state index in [1.807, 2.05) is 22.3 Å². The topological polar surface area (TPSA) is 0 Å². The molecule has 6 atom stereocenters. The third-order valence-corrected chi connectivity index (χ3v) is 8.44. The van der Waals surface area contributed by atoms with Gasteiger partial charge in [0.1, 0.15) is 0 Å². The maximum Gasteiger partial charge on any atom is -0.0183 e. The zero-order chi connectivity index (χ0) is 9.86. The first-order valence-electron chi connectivity index (χ1n) is 7.31. The molecule has 80 valence electrons. The van der Waals surface area contributed by atoms with Gasteiger partial charge in [0.05, 0.1) is 0 Å². The second-order valence-corrected chi connectivity index (χ2v) is 7.85. The molecule has 0 amide bonds. The molecule has 7 rings (SSSR count). The zero-order valence-electron chi connectivity index (χ0n) is 9.55. The zero-order valence-corrected chi connectivity index (χ0v) is 9.55. The Balaban J connectivity index is 1.70. The van der Waals surface area contributed by atoms with Crippen LogP contribution in [0.2, 0.25) is 0 Å². The molecule has 0 N–H and O–H groups in total. The van der Waals surface area contributed by atoms with Crippen molar-refractivity contribution < 1.29 is 0 Å². The van der Waals surface area contributed by atoms with E-state index in [0.717, 1.165) is 22.7 Å². The minimum atomic E-state index is 0.873. The van der Waals surface area contributed by atoms with Crippen LogP contribution in [0.3, 0.4) is 0 Å². The molecule has 0 aromatic carbocycles. The molecule has 7 aliphatic carbocycles. The van der Waals surface area contributed by atoms with E-state index in [-0.39, 0.29) is 0 Å². The third kappa shape index (κ3) is 0.350. The summed E-state index contributed by atoms with van der Waals surface area (Å²) in [5.74, 6) is 4.70. The smallest absolute Gasteiger partial charge is 0.0183 e. The van der Waals surface area contributed by atoms with Crippen LogP contribution in [-0.4, -0.2) is 0 Å². The molecule has 4 fully saturated rings. The second kappa shape index (κ2) is 1.53. The molecule has 0 heteroatoms. The van der Waals surface area contributed by atoms with Gasteiger partial charge >= 0.3 is 0 Å². The van der Waals surface area contributed by atoms with Gasteiger partial charge in [-0.1, -0.05) is 0 Å². The summed E-state index contributed by atoms with van der Waals surface area (Å²) in [7, 11) is 0. The lowest BCUT2D eigenvalue weighted by Gasteiger charge is -2.76. The standard InChI is InChI=1S/C16H16/c1-2-16-12-4-8-7-3-10(12)14(16)15(1)6-11(7)9(8)5-13(15)16/h10,12-14H,1-6H2. The first kappa shape index (κ1) is 7.03. The lowest BCUT2D eigenvalue weighted by atomic mass is 9.27. The Bertz CT molecular complexity index is 577. The number of rotatable bonds is 0. The number of hydrogen-bond donors (Lipinski definition) is 0. The molecule has 0 radical (unpaired) electrons. The van der Waals surface area contributed by atoms with Crippen molar-refractivity contribution in [3.05, 3.63) is 22.3 Å². The van der Waals surface area contributed by atoms with E-state index in [0.29, 0.717) is 0 Å². The summed E-state index contributed by atoms with van der Waals surface area (Å²) in [6.07, 6.45) is 9.39. The van der Waals surface area contributed by atoms with E-state index in [4.69, 9.17) is 0 Å². The average molecular weight is 208 g/mol. The third-order valence-electron chi connectivity index (χ3n) is 8.44. The summed E-state index contributed by atoms with van der Waals surface area (Å²) in [6, 6.07) is 0. The fourth-order valence-electron chi connectivity index (χ4n) is 8.45. The quantitative estimate of drug-likeness (QED) is 0.572. The van der Waals surface area contributed by atoms with Gasteiger partial charge in [-0.05, 0) is 95.3 Å². The number of fused-ring (bicyclic) bond motifs is 4. The minimum Gasteiger partial charge on any atom is -0.0462 e. The minimum absolute atomic E-state index is 0.873. The van der Waals surface area contributed by atoms with Crippen molar-refractivity contribution >= 4 is 0 Å². The molecule has 2 bridgehead atoms. The van der Waals surface area contributed by atoms with Gasteiger partial charge in [-0.3, -0.25) is 0 Å². The molecular weight excluding hydrogens is 192 g/mol. The molecule has 2 spiro atoms. The summed E-state index contributed by atoms with van der Waals surface area (Å²) < 4.78 is 0. The maximum atomic E-state index is 1.91. The molecule has 0 aliphatic heterocycles. The van der Waals surface area contributed by atoms with Gasteiger partial charge < -0.3 is 0 Å². The summed E-state index contributed by atoms with van der Waals surface area (Å²) in [4.78, 5) is 0. The van der Waals surface area contributed by atoms with Crippen LogP contribution >= 0.6 is 0 Å². The Morgan fingerprint density at radius 1 is 0.875 bits per heavy atom. The lowest BCUT2D eigenvalue weighted by molar-refractivity contribution is -0.290. The van der Waals surface area contributed by atoms with Gasteiger partial charge in [0, 0.05) is 0 Å². The molecule has 4 saturated carbocycles. The van der Waals surface area contributed by atoms with E-state index in [2.05, 4.69) is 0 Å². The Kier molecular flexibility index (Phi) is 0.672. The van der Waals surface area contributed by atoms with Crippen LogP contribution in [-0.2, 0) is 0 Å². The molecular formula is C16H16. The molecule has 0 aromatic rings. The molecule has 7 aliphatic rings. The molecule has 0 nitrogen and oxygen atoms in total. The molecule has 0 heterocycles. The summed E-state index contributed by atoms with van der Waals surface area (Å²) in [5, 5.41) is 0. The van der Waals surface area contributed by atoms with Crippen molar-refractivity contribution in [2.45, 2.75) is 38.5 Å². The van der Waals surface area contributed by atoms with Crippen LogP contribution < -0.4 is 0 Å². The second-order valence-electron chi connectivity index (χ2n) is 7.85. The monoisotopic (exact) mass is 208 g/mol. The predicted molar refractivity (Wildman–Crippen MR) is 60.6 cm³/mol. The maximum absolute atomic E-state index is 1.91. The van der Waals surface area contributed by atoms with Gasteiger partial charge in [-0.15, -0.1) is 0 Å². The van der Waals surface area contributed by atoms with Crippen LogP contribution in [0.1, 0.15) is 38.5 Å². The van der Waals surface area contributed by atoms with E-state index in [9.17, 15) is 0 Å². The van der Waals surface area contributed by atoms with Gasteiger partial charge in [-0.2, -0.15) is 0 Å². The van der Waals surface area contributed by atoms with Gasteiger partial charge in [0.25, 0.3) is 0 Å². The van der Waals surface area contributed by atoms with Crippen LogP contribution in [0.25, 0.3) is 0 Å². The first-order chi connectivity index (χ1) is 7.86. The first-order valence-corrected chi connectivity index (χ1v) is 7.31. The van der Waals surface area contributed by atoms with Gasteiger partial charge in [0.2, 0.25) is 0 Å². The van der Waals surface area contributed by atoms with Crippen molar-refractivity contribution in [1.29, 1.82) is 0 Å². The molecule has 6 unspecified atom stereocenters. The highest BCUT2D eigenvalue weighted by Gasteiger charge is 2.87. The molecule has 16 heavy (non-hydrogen) atoms. The molecule has 0 aromatic heterocycles. The normalized spacial score (nSPS) is 69.0. The van der Waals surface area contributed by atoms with Gasteiger partial charge in [-0.25, -0.2) is 0 Å². The van der Waals surface area contributed by atoms with E-state index >= 15 is 0 Å². The van der Waals surface area contributed by atoms with Crippen molar-refractivity contribution in [2.24, 2.45) is 34.5 Å². The SMILES string of the molecule is C1C2=C3CC4C1C1C56CCC41C5CC3=C2C6. The van der Waals surface area contributed by atoms with Crippen LogP contribution in [0.5, 0.6) is 0 Å². The van der Waals surface area contributed by atoms with Gasteiger partial charge in [0.15, 0.2) is 0 Å². The Morgan fingerprint density at radius 2 is 1.75 bits per heavy atom. The van der Waals surface area contributed by atoms with Crippen LogP contribution in [0, 0.1) is 34.5 Å². The highest BCUT2D eigenvalue weighted by Crippen LogP contribution is 2.94. The fraction of sp³-hybridized carbons (Fsp3) is 0.750. The number of allylic oxidation sites excluding steroid dienone is 4. The Labute approximate surface area is 95.8 Å². The average Bonchev–Trinajstić information content (AvgIpc) is 2.83.